The normalized spacial score (nSPS) is 11.5. The minimum Gasteiger partial charge on any atom is -0.489 e. The van der Waals surface area contributed by atoms with Crippen molar-refractivity contribution in [2.24, 2.45) is 4.99 Å². The lowest BCUT2D eigenvalue weighted by Crippen LogP contribution is -2.14. The zero-order valence-electron chi connectivity index (χ0n) is 20.0. The maximum absolute atomic E-state index is 12.9. The first-order valence-electron chi connectivity index (χ1n) is 11.3. The van der Waals surface area contributed by atoms with Crippen LogP contribution in [0.4, 0.5) is 11.4 Å². The van der Waals surface area contributed by atoms with Crippen LogP contribution in [0.15, 0.2) is 101 Å². The Morgan fingerprint density at radius 2 is 1.46 bits per heavy atom. The lowest BCUT2D eigenvalue weighted by atomic mass is 10.1. The fourth-order valence-corrected chi connectivity index (χ4v) is 4.99. The number of sulfonamides is 1. The summed E-state index contributed by atoms with van der Waals surface area (Å²) in [5.41, 5.74) is 6.20. The first-order valence-corrected chi connectivity index (χ1v) is 12.8. The van der Waals surface area contributed by atoms with Crippen LogP contribution in [0.25, 0.3) is 0 Å². The SMILES string of the molecule is Cc1cc(C)c(NS(=O)(=O)c2ccc(N=Cc3ccc(OCc4ccccc4)cc3)cc2)c(C)c1. The second-order valence-electron chi connectivity index (χ2n) is 8.47. The molecule has 5 nitrogen and oxygen atoms in total. The van der Waals surface area contributed by atoms with Gasteiger partial charge in [0, 0.05) is 6.21 Å². The van der Waals surface area contributed by atoms with Gasteiger partial charge in [-0.05, 0) is 91.6 Å². The van der Waals surface area contributed by atoms with Crippen molar-refractivity contribution >= 4 is 27.6 Å². The van der Waals surface area contributed by atoms with Crippen molar-refractivity contribution in [2.45, 2.75) is 32.3 Å². The van der Waals surface area contributed by atoms with Crippen molar-refractivity contribution in [3.05, 3.63) is 119 Å². The van der Waals surface area contributed by atoms with E-state index in [0.29, 0.717) is 18.0 Å². The first kappa shape index (κ1) is 24.2. The molecule has 0 atom stereocenters. The number of anilines is 1. The van der Waals surface area contributed by atoms with Gasteiger partial charge in [-0.15, -0.1) is 0 Å². The summed E-state index contributed by atoms with van der Waals surface area (Å²) in [7, 11) is -3.70. The molecule has 0 saturated heterocycles. The summed E-state index contributed by atoms with van der Waals surface area (Å²) < 4.78 is 34.3. The van der Waals surface area contributed by atoms with Crippen LogP contribution < -0.4 is 9.46 Å². The van der Waals surface area contributed by atoms with Gasteiger partial charge in [0.2, 0.25) is 0 Å². The zero-order chi connectivity index (χ0) is 24.8. The van der Waals surface area contributed by atoms with Gasteiger partial charge in [0.25, 0.3) is 10.0 Å². The van der Waals surface area contributed by atoms with E-state index in [-0.39, 0.29) is 4.90 Å². The molecule has 0 heterocycles. The molecule has 0 spiro atoms. The van der Waals surface area contributed by atoms with E-state index in [1.807, 2.05) is 87.5 Å². The van der Waals surface area contributed by atoms with Crippen molar-refractivity contribution in [1.82, 2.24) is 0 Å². The molecule has 6 heteroatoms. The Balaban J connectivity index is 1.39. The summed E-state index contributed by atoms with van der Waals surface area (Å²) in [4.78, 5) is 4.65. The number of hydrogen-bond acceptors (Lipinski definition) is 4. The maximum atomic E-state index is 12.9. The fourth-order valence-electron chi connectivity index (χ4n) is 3.79. The smallest absolute Gasteiger partial charge is 0.261 e. The van der Waals surface area contributed by atoms with E-state index >= 15 is 0 Å². The topological polar surface area (TPSA) is 67.8 Å². The Hall–Kier alpha value is -3.90. The molecule has 0 aliphatic rings. The second kappa shape index (κ2) is 10.6. The number of aliphatic imine (C=N–C) groups is 1. The number of nitrogens with one attached hydrogen (secondary N) is 1. The molecule has 0 aromatic heterocycles. The molecule has 0 fully saturated rings. The van der Waals surface area contributed by atoms with E-state index in [9.17, 15) is 8.42 Å². The molecular weight excluding hydrogens is 456 g/mol. The van der Waals surface area contributed by atoms with Crippen molar-refractivity contribution in [3.63, 3.8) is 0 Å². The van der Waals surface area contributed by atoms with E-state index in [2.05, 4.69) is 9.71 Å². The Morgan fingerprint density at radius 1 is 0.829 bits per heavy atom. The molecule has 0 bridgehead atoms. The lowest BCUT2D eigenvalue weighted by molar-refractivity contribution is 0.306. The quantitative estimate of drug-likeness (QED) is 0.282. The van der Waals surface area contributed by atoms with Crippen molar-refractivity contribution in [1.29, 1.82) is 0 Å². The van der Waals surface area contributed by atoms with Crippen LogP contribution >= 0.6 is 0 Å². The number of benzene rings is 4. The van der Waals surface area contributed by atoms with Gasteiger partial charge in [-0.1, -0.05) is 48.0 Å². The minimum absolute atomic E-state index is 0.191. The number of nitrogens with zero attached hydrogens (tertiary/aromatic N) is 1. The van der Waals surface area contributed by atoms with Gasteiger partial charge in [-0.25, -0.2) is 8.42 Å². The van der Waals surface area contributed by atoms with Crippen molar-refractivity contribution in [2.75, 3.05) is 4.72 Å². The van der Waals surface area contributed by atoms with Crippen LogP contribution in [0.5, 0.6) is 5.75 Å². The molecule has 0 amide bonds. The van der Waals surface area contributed by atoms with E-state index in [1.165, 1.54) is 0 Å². The Morgan fingerprint density at radius 3 is 2.09 bits per heavy atom. The van der Waals surface area contributed by atoms with Gasteiger partial charge in [0.15, 0.2) is 0 Å². The maximum Gasteiger partial charge on any atom is 0.261 e. The number of rotatable bonds is 8. The van der Waals surface area contributed by atoms with Gasteiger partial charge in [0.1, 0.15) is 12.4 Å². The van der Waals surface area contributed by atoms with Crippen molar-refractivity contribution < 1.29 is 13.2 Å². The predicted molar refractivity (Wildman–Crippen MR) is 142 cm³/mol. The number of aryl methyl sites for hydroxylation is 3. The third kappa shape index (κ3) is 6.37. The van der Waals surface area contributed by atoms with Crippen LogP contribution in [-0.4, -0.2) is 14.6 Å². The Bertz CT molecular complexity index is 1410. The summed E-state index contributed by atoms with van der Waals surface area (Å²) in [6, 6.07) is 28.1. The highest BCUT2D eigenvalue weighted by Crippen LogP contribution is 2.26. The molecule has 1 N–H and O–H groups in total. The van der Waals surface area contributed by atoms with Crippen LogP contribution in [0.2, 0.25) is 0 Å². The molecule has 0 aliphatic carbocycles. The van der Waals surface area contributed by atoms with Gasteiger partial charge in [-0.3, -0.25) is 9.71 Å². The highest BCUT2D eigenvalue weighted by Gasteiger charge is 2.16. The van der Waals surface area contributed by atoms with Crippen molar-refractivity contribution in [3.8, 4) is 5.75 Å². The first-order chi connectivity index (χ1) is 16.8. The predicted octanol–water partition coefficient (Wildman–Crippen LogP) is 6.74. The molecule has 178 valence electrons. The average Bonchev–Trinajstić information content (AvgIpc) is 2.85. The number of ether oxygens (including phenoxy) is 1. The van der Waals surface area contributed by atoms with E-state index < -0.39 is 10.0 Å². The van der Waals surface area contributed by atoms with E-state index in [0.717, 1.165) is 33.6 Å². The lowest BCUT2D eigenvalue weighted by Gasteiger charge is -2.14. The Labute approximate surface area is 207 Å². The number of hydrogen-bond donors (Lipinski definition) is 1. The largest absolute Gasteiger partial charge is 0.489 e. The summed E-state index contributed by atoms with van der Waals surface area (Å²) in [6.45, 7) is 6.31. The summed E-state index contributed by atoms with van der Waals surface area (Å²) >= 11 is 0. The van der Waals surface area contributed by atoms with Gasteiger partial charge < -0.3 is 4.74 Å². The molecule has 35 heavy (non-hydrogen) atoms. The summed E-state index contributed by atoms with van der Waals surface area (Å²) in [5.74, 6) is 0.784. The zero-order valence-corrected chi connectivity index (χ0v) is 20.8. The summed E-state index contributed by atoms with van der Waals surface area (Å²) in [6.07, 6.45) is 1.74. The van der Waals surface area contributed by atoms with Gasteiger partial charge in [-0.2, -0.15) is 0 Å². The molecular formula is C29H28N2O3S. The molecule has 4 aromatic rings. The highest BCUT2D eigenvalue weighted by atomic mass is 32.2. The highest BCUT2D eigenvalue weighted by molar-refractivity contribution is 7.92. The third-order valence-electron chi connectivity index (χ3n) is 5.55. The molecule has 4 aromatic carbocycles. The fraction of sp³-hybridized carbons (Fsp3) is 0.138. The average molecular weight is 485 g/mol. The van der Waals surface area contributed by atoms with E-state index in [1.54, 1.807) is 30.5 Å². The van der Waals surface area contributed by atoms with Gasteiger partial charge >= 0.3 is 0 Å². The molecule has 0 saturated carbocycles. The van der Waals surface area contributed by atoms with Crippen LogP contribution in [0, 0.1) is 20.8 Å². The third-order valence-corrected chi connectivity index (χ3v) is 6.92. The molecule has 0 aliphatic heterocycles. The van der Waals surface area contributed by atoms with Crippen LogP contribution in [0.1, 0.15) is 27.8 Å². The van der Waals surface area contributed by atoms with Crippen LogP contribution in [0.3, 0.4) is 0 Å². The standard InChI is InChI=1S/C29H28N2O3S/c1-21-17-22(2)29(23(3)18-21)31-35(32,33)28-15-11-26(12-16-28)30-19-24-9-13-27(14-10-24)34-20-25-7-5-4-6-8-25/h4-19,31H,20H2,1-3H3. The van der Waals surface area contributed by atoms with Gasteiger partial charge in [0.05, 0.1) is 16.3 Å². The van der Waals surface area contributed by atoms with Crippen LogP contribution in [-0.2, 0) is 16.6 Å². The van der Waals surface area contributed by atoms with E-state index in [4.69, 9.17) is 4.74 Å². The minimum atomic E-state index is -3.70. The molecule has 0 unspecified atom stereocenters. The Kier molecular flexibility index (Phi) is 7.32. The molecule has 0 radical (unpaired) electrons. The monoisotopic (exact) mass is 484 g/mol. The molecule has 4 rings (SSSR count). The summed E-state index contributed by atoms with van der Waals surface area (Å²) in [5, 5.41) is 0. The second-order valence-corrected chi connectivity index (χ2v) is 10.2.